The molecular formula is C18H16BrN5O5. The third-order valence-corrected chi connectivity index (χ3v) is 4.63. The fourth-order valence-corrected chi connectivity index (χ4v) is 2.91. The number of esters is 1. The highest BCUT2D eigenvalue weighted by atomic mass is 79.9. The number of ketones is 1. The molecule has 0 aliphatic heterocycles. The second-order valence-electron chi connectivity index (χ2n) is 6.12. The lowest BCUT2D eigenvalue weighted by Crippen LogP contribution is -2.42. The van der Waals surface area contributed by atoms with E-state index in [1.807, 2.05) is 0 Å². The summed E-state index contributed by atoms with van der Waals surface area (Å²) >= 11 is 3.29. The Morgan fingerprint density at radius 2 is 1.93 bits per heavy atom. The summed E-state index contributed by atoms with van der Waals surface area (Å²) in [6.07, 6.45) is 3.31. The van der Waals surface area contributed by atoms with Gasteiger partial charge in [0.25, 0.3) is 5.56 Å². The van der Waals surface area contributed by atoms with Crippen molar-refractivity contribution in [2.24, 2.45) is 14.1 Å². The zero-order valence-electron chi connectivity index (χ0n) is 15.5. The van der Waals surface area contributed by atoms with Gasteiger partial charge in [0, 0.05) is 20.3 Å². The van der Waals surface area contributed by atoms with E-state index in [1.54, 1.807) is 35.3 Å². The first-order chi connectivity index (χ1) is 13.7. The largest absolute Gasteiger partial charge is 0.454 e. The van der Waals surface area contributed by atoms with E-state index in [0.29, 0.717) is 5.69 Å². The standard InChI is InChI=1S/C18H16BrN5O5/c1-22-15(20)14(16(26)23(2)18(22)28)13(25)9-29-17(27)10-4-3-5-12(6-10)24-8-11(19)7-21-24/h3-8H,9,20H2,1-2H3. The molecule has 3 rings (SSSR count). The number of ether oxygens (including phenoxy) is 1. The fraction of sp³-hybridized carbons (Fsp3) is 0.167. The number of carbonyl (C=O) groups excluding carboxylic acids is 2. The van der Waals surface area contributed by atoms with Crippen molar-refractivity contribution in [3.8, 4) is 5.69 Å². The Morgan fingerprint density at radius 3 is 2.59 bits per heavy atom. The van der Waals surface area contributed by atoms with Gasteiger partial charge >= 0.3 is 11.7 Å². The van der Waals surface area contributed by atoms with E-state index in [-0.39, 0.29) is 11.4 Å². The van der Waals surface area contributed by atoms with E-state index in [2.05, 4.69) is 21.0 Å². The highest BCUT2D eigenvalue weighted by molar-refractivity contribution is 9.10. The van der Waals surface area contributed by atoms with Gasteiger partial charge in [0.15, 0.2) is 6.61 Å². The van der Waals surface area contributed by atoms with Gasteiger partial charge in [-0.2, -0.15) is 5.10 Å². The number of rotatable bonds is 5. The van der Waals surface area contributed by atoms with Crippen molar-refractivity contribution in [3.05, 3.63) is 73.1 Å². The molecule has 2 heterocycles. The lowest BCUT2D eigenvalue weighted by molar-refractivity contribution is 0.0474. The van der Waals surface area contributed by atoms with E-state index in [0.717, 1.165) is 13.6 Å². The van der Waals surface area contributed by atoms with Gasteiger partial charge in [-0.15, -0.1) is 0 Å². The molecule has 2 aromatic heterocycles. The molecule has 3 aromatic rings. The van der Waals surface area contributed by atoms with Crippen molar-refractivity contribution >= 4 is 33.5 Å². The number of anilines is 1. The number of Topliss-reactive ketones (excluding diaryl/α,β-unsaturated/α-hetero) is 1. The van der Waals surface area contributed by atoms with Gasteiger partial charge in [-0.05, 0) is 34.1 Å². The molecule has 10 nitrogen and oxygen atoms in total. The molecule has 0 radical (unpaired) electrons. The van der Waals surface area contributed by atoms with Crippen molar-refractivity contribution in [2.75, 3.05) is 12.3 Å². The first-order valence-corrected chi connectivity index (χ1v) is 9.06. The minimum absolute atomic E-state index is 0.197. The van der Waals surface area contributed by atoms with Crippen LogP contribution in [0.4, 0.5) is 5.82 Å². The molecule has 0 bridgehead atoms. The summed E-state index contributed by atoms with van der Waals surface area (Å²) in [5, 5.41) is 4.13. The average molecular weight is 462 g/mol. The Hall–Kier alpha value is -3.47. The van der Waals surface area contributed by atoms with Crippen LogP contribution >= 0.6 is 15.9 Å². The van der Waals surface area contributed by atoms with Gasteiger partial charge in [-0.25, -0.2) is 14.3 Å². The maximum Gasteiger partial charge on any atom is 0.338 e. The third-order valence-electron chi connectivity index (χ3n) is 4.22. The minimum Gasteiger partial charge on any atom is -0.454 e. The van der Waals surface area contributed by atoms with Crippen molar-refractivity contribution in [1.82, 2.24) is 18.9 Å². The predicted octanol–water partition coefficient (Wildman–Crippen LogP) is 0.654. The number of nitrogen functional groups attached to an aromatic ring is 1. The number of hydrogen-bond donors (Lipinski definition) is 1. The monoisotopic (exact) mass is 461 g/mol. The van der Waals surface area contributed by atoms with Crippen molar-refractivity contribution in [2.45, 2.75) is 0 Å². The lowest BCUT2D eigenvalue weighted by atomic mass is 10.2. The summed E-state index contributed by atoms with van der Waals surface area (Å²) in [6.45, 7) is -0.700. The van der Waals surface area contributed by atoms with E-state index in [4.69, 9.17) is 10.5 Å². The third kappa shape index (κ3) is 3.90. The molecule has 0 unspecified atom stereocenters. The summed E-state index contributed by atoms with van der Waals surface area (Å²) in [7, 11) is 2.56. The van der Waals surface area contributed by atoms with Crippen LogP contribution in [-0.4, -0.2) is 37.3 Å². The van der Waals surface area contributed by atoms with Crippen LogP contribution in [0.25, 0.3) is 5.69 Å². The van der Waals surface area contributed by atoms with Crippen LogP contribution in [0.3, 0.4) is 0 Å². The van der Waals surface area contributed by atoms with E-state index in [1.165, 1.54) is 20.2 Å². The average Bonchev–Trinajstić information content (AvgIpc) is 3.15. The predicted molar refractivity (Wildman–Crippen MR) is 107 cm³/mol. The molecule has 0 atom stereocenters. The second-order valence-corrected chi connectivity index (χ2v) is 7.03. The Bertz CT molecular complexity index is 1240. The smallest absolute Gasteiger partial charge is 0.338 e. The number of hydrogen-bond acceptors (Lipinski definition) is 7. The highest BCUT2D eigenvalue weighted by Gasteiger charge is 2.21. The second kappa shape index (κ2) is 7.87. The molecule has 0 saturated heterocycles. The molecule has 0 aliphatic carbocycles. The summed E-state index contributed by atoms with van der Waals surface area (Å²) < 4.78 is 9.10. The van der Waals surface area contributed by atoms with Gasteiger partial charge < -0.3 is 10.5 Å². The molecule has 150 valence electrons. The topological polar surface area (TPSA) is 131 Å². The molecule has 0 fully saturated rings. The zero-order valence-corrected chi connectivity index (χ0v) is 17.0. The van der Waals surface area contributed by atoms with Crippen molar-refractivity contribution in [3.63, 3.8) is 0 Å². The van der Waals surface area contributed by atoms with Crippen LogP contribution in [0.5, 0.6) is 0 Å². The Labute approximate surface area is 172 Å². The molecule has 0 spiro atoms. The van der Waals surface area contributed by atoms with Crippen LogP contribution in [-0.2, 0) is 18.8 Å². The first-order valence-electron chi connectivity index (χ1n) is 8.27. The van der Waals surface area contributed by atoms with Crippen LogP contribution in [0.1, 0.15) is 20.7 Å². The molecule has 0 aliphatic rings. The molecule has 0 saturated carbocycles. The Morgan fingerprint density at radius 1 is 1.21 bits per heavy atom. The van der Waals surface area contributed by atoms with Gasteiger partial charge in [-0.1, -0.05) is 6.07 Å². The minimum atomic E-state index is -0.849. The Kier molecular flexibility index (Phi) is 5.50. The maximum absolute atomic E-state index is 12.4. The molecule has 1 aromatic carbocycles. The molecule has 0 amide bonds. The van der Waals surface area contributed by atoms with Gasteiger partial charge in [0.1, 0.15) is 11.4 Å². The van der Waals surface area contributed by atoms with Crippen molar-refractivity contribution in [1.29, 1.82) is 0 Å². The molecule has 2 N–H and O–H groups in total. The van der Waals surface area contributed by atoms with Crippen LogP contribution < -0.4 is 17.0 Å². The fourth-order valence-electron chi connectivity index (χ4n) is 2.63. The molecular weight excluding hydrogens is 446 g/mol. The summed E-state index contributed by atoms with van der Waals surface area (Å²) in [4.78, 5) is 48.8. The van der Waals surface area contributed by atoms with Gasteiger partial charge in [0.05, 0.1) is 21.9 Å². The van der Waals surface area contributed by atoms with Crippen LogP contribution in [0.15, 0.2) is 50.7 Å². The number of benzene rings is 1. The van der Waals surface area contributed by atoms with Crippen LogP contribution in [0, 0.1) is 0 Å². The number of nitrogens with two attached hydrogens (primary N) is 1. The molecule has 29 heavy (non-hydrogen) atoms. The van der Waals surface area contributed by atoms with Gasteiger partial charge in [-0.3, -0.25) is 18.7 Å². The summed E-state index contributed by atoms with van der Waals surface area (Å²) in [6, 6.07) is 6.46. The van der Waals surface area contributed by atoms with Gasteiger partial charge in [0.2, 0.25) is 5.78 Å². The number of halogens is 1. The molecule has 11 heteroatoms. The first kappa shape index (κ1) is 20.3. The van der Waals surface area contributed by atoms with E-state index >= 15 is 0 Å². The van der Waals surface area contributed by atoms with E-state index in [9.17, 15) is 19.2 Å². The normalized spacial score (nSPS) is 10.7. The SMILES string of the molecule is Cn1c(N)c(C(=O)COC(=O)c2cccc(-n3cc(Br)cn3)c2)c(=O)n(C)c1=O. The maximum atomic E-state index is 12.4. The summed E-state index contributed by atoms with van der Waals surface area (Å²) in [5.74, 6) is -1.85. The number of aromatic nitrogens is 4. The Balaban J connectivity index is 1.79. The quantitative estimate of drug-likeness (QED) is 0.435. The van der Waals surface area contributed by atoms with Crippen molar-refractivity contribution < 1.29 is 14.3 Å². The lowest BCUT2D eigenvalue weighted by Gasteiger charge is -2.11. The highest BCUT2D eigenvalue weighted by Crippen LogP contribution is 2.15. The summed E-state index contributed by atoms with van der Waals surface area (Å²) in [5.41, 5.74) is 4.63. The zero-order chi connectivity index (χ0) is 21.3. The van der Waals surface area contributed by atoms with Crippen LogP contribution in [0.2, 0.25) is 0 Å². The number of nitrogens with zero attached hydrogens (tertiary/aromatic N) is 4. The number of carbonyl (C=O) groups is 2. The van der Waals surface area contributed by atoms with E-state index < -0.39 is 35.2 Å².